The second-order valence-corrected chi connectivity index (χ2v) is 7.11. The highest BCUT2D eigenvalue weighted by Crippen LogP contribution is 2.16. The third-order valence-electron chi connectivity index (χ3n) is 4.92. The lowest BCUT2D eigenvalue weighted by molar-refractivity contribution is 0.101. The van der Waals surface area contributed by atoms with Crippen molar-refractivity contribution >= 4 is 16.9 Å². The number of nitrogens with zero attached hydrogens (tertiary/aromatic N) is 4. The summed E-state index contributed by atoms with van der Waals surface area (Å²) >= 11 is 0. The summed E-state index contributed by atoms with van der Waals surface area (Å²) in [5, 5.41) is 0. The lowest BCUT2D eigenvalue weighted by Crippen LogP contribution is -2.37. The molecule has 0 aliphatic carbocycles. The topological polar surface area (TPSA) is 88.1 Å². The number of fused-ring (bicyclic) bond motifs is 1. The van der Waals surface area contributed by atoms with Gasteiger partial charge in [0.05, 0.1) is 6.61 Å². The van der Waals surface area contributed by atoms with E-state index in [0.717, 1.165) is 16.6 Å². The van der Waals surface area contributed by atoms with E-state index in [1.54, 1.807) is 13.1 Å². The van der Waals surface area contributed by atoms with E-state index >= 15 is 0 Å². The number of Topliss-reactive ketones (excluding diaryl/α,β-unsaturated/α-hetero) is 1. The van der Waals surface area contributed by atoms with Crippen LogP contribution in [0.2, 0.25) is 0 Å². The first-order chi connectivity index (χ1) is 13.8. The Hall–Kier alpha value is -3.00. The monoisotopic (exact) mass is 398 g/mol. The minimum atomic E-state index is -0.417. The molecule has 8 heteroatoms. The fraction of sp³-hybridized carbons (Fsp3) is 0.429. The SMILES string of the molecule is CCCOCCc1nc2c(c(=O)n(C)c(=O)n2C)n1Cc1cccc(C(C)=O)c1. The maximum Gasteiger partial charge on any atom is 0.332 e. The van der Waals surface area contributed by atoms with Crippen molar-refractivity contribution in [3.8, 4) is 0 Å². The van der Waals surface area contributed by atoms with Gasteiger partial charge in [0.25, 0.3) is 5.56 Å². The Bertz CT molecular complexity index is 1170. The first kappa shape index (κ1) is 20.7. The van der Waals surface area contributed by atoms with Gasteiger partial charge in [0, 0.05) is 39.2 Å². The smallest absolute Gasteiger partial charge is 0.332 e. The molecule has 29 heavy (non-hydrogen) atoms. The Morgan fingerprint density at radius 1 is 1.14 bits per heavy atom. The van der Waals surface area contributed by atoms with E-state index in [2.05, 4.69) is 4.98 Å². The number of rotatable bonds is 8. The van der Waals surface area contributed by atoms with Crippen LogP contribution in [0.3, 0.4) is 0 Å². The number of carbonyl (C=O) groups excluding carboxylic acids is 1. The van der Waals surface area contributed by atoms with Crippen LogP contribution in [-0.2, 0) is 31.8 Å². The number of ether oxygens (including phenoxy) is 1. The van der Waals surface area contributed by atoms with Crippen molar-refractivity contribution in [3.05, 3.63) is 62.1 Å². The van der Waals surface area contributed by atoms with E-state index in [9.17, 15) is 14.4 Å². The maximum atomic E-state index is 12.9. The van der Waals surface area contributed by atoms with Gasteiger partial charge >= 0.3 is 5.69 Å². The Morgan fingerprint density at radius 3 is 2.59 bits per heavy atom. The molecule has 3 aromatic rings. The van der Waals surface area contributed by atoms with Crippen molar-refractivity contribution in [3.63, 3.8) is 0 Å². The van der Waals surface area contributed by atoms with Gasteiger partial charge in [-0.15, -0.1) is 0 Å². The van der Waals surface area contributed by atoms with Gasteiger partial charge in [0.2, 0.25) is 0 Å². The van der Waals surface area contributed by atoms with Crippen LogP contribution >= 0.6 is 0 Å². The van der Waals surface area contributed by atoms with E-state index in [1.165, 1.54) is 18.5 Å². The summed E-state index contributed by atoms with van der Waals surface area (Å²) in [5.41, 5.74) is 1.40. The molecule has 2 aromatic heterocycles. The molecule has 0 bridgehead atoms. The first-order valence-corrected chi connectivity index (χ1v) is 9.67. The molecule has 0 unspecified atom stereocenters. The van der Waals surface area contributed by atoms with Crippen LogP contribution in [-0.4, -0.2) is 37.7 Å². The fourth-order valence-corrected chi connectivity index (χ4v) is 3.33. The summed E-state index contributed by atoms with van der Waals surface area (Å²) < 4.78 is 9.89. The standard InChI is InChI=1S/C21H26N4O4/c1-5-10-29-11-9-17-22-19-18(20(27)24(4)21(28)23(19)3)25(17)13-15-7-6-8-16(12-15)14(2)26/h6-8,12H,5,9-11,13H2,1-4H3. The van der Waals surface area contributed by atoms with Crippen molar-refractivity contribution in [2.75, 3.05) is 13.2 Å². The van der Waals surface area contributed by atoms with Crippen LogP contribution in [0.5, 0.6) is 0 Å². The number of carbonyl (C=O) groups is 1. The molecule has 0 N–H and O–H groups in total. The van der Waals surface area contributed by atoms with E-state index in [0.29, 0.717) is 48.7 Å². The van der Waals surface area contributed by atoms with Crippen LogP contribution in [0.25, 0.3) is 11.2 Å². The van der Waals surface area contributed by atoms with Gasteiger partial charge in [-0.25, -0.2) is 9.78 Å². The molecule has 0 atom stereocenters. The predicted octanol–water partition coefficient (Wildman–Crippen LogP) is 1.65. The van der Waals surface area contributed by atoms with Gasteiger partial charge < -0.3 is 9.30 Å². The molecule has 0 saturated heterocycles. The van der Waals surface area contributed by atoms with Crippen molar-refractivity contribution in [2.24, 2.45) is 14.1 Å². The van der Waals surface area contributed by atoms with E-state index in [-0.39, 0.29) is 11.3 Å². The van der Waals surface area contributed by atoms with Gasteiger partial charge in [-0.1, -0.05) is 25.1 Å². The second-order valence-electron chi connectivity index (χ2n) is 7.11. The zero-order chi connectivity index (χ0) is 21.1. The summed E-state index contributed by atoms with van der Waals surface area (Å²) in [6.45, 7) is 5.05. The quantitative estimate of drug-likeness (QED) is 0.425. The molecule has 2 heterocycles. The van der Waals surface area contributed by atoms with Crippen LogP contribution in [0.4, 0.5) is 0 Å². The maximum absolute atomic E-state index is 12.9. The minimum Gasteiger partial charge on any atom is -0.381 e. The zero-order valence-electron chi connectivity index (χ0n) is 17.3. The second kappa shape index (κ2) is 8.57. The molecule has 3 rings (SSSR count). The molecule has 0 fully saturated rings. The molecule has 1 aromatic carbocycles. The number of aryl methyl sites for hydroxylation is 1. The molecule has 0 radical (unpaired) electrons. The van der Waals surface area contributed by atoms with Crippen molar-refractivity contribution in [2.45, 2.75) is 33.2 Å². The number of aromatic nitrogens is 4. The normalized spacial score (nSPS) is 11.3. The number of benzene rings is 1. The van der Waals surface area contributed by atoms with Crippen molar-refractivity contribution < 1.29 is 9.53 Å². The fourth-order valence-electron chi connectivity index (χ4n) is 3.33. The highest BCUT2D eigenvalue weighted by atomic mass is 16.5. The number of hydrogen-bond donors (Lipinski definition) is 0. The molecular weight excluding hydrogens is 372 g/mol. The first-order valence-electron chi connectivity index (χ1n) is 9.67. The zero-order valence-corrected chi connectivity index (χ0v) is 17.3. The van der Waals surface area contributed by atoms with Crippen LogP contribution < -0.4 is 11.2 Å². The van der Waals surface area contributed by atoms with Crippen LogP contribution in [0.15, 0.2) is 33.9 Å². The Labute approximate surface area is 168 Å². The Kier molecular flexibility index (Phi) is 6.12. The van der Waals surface area contributed by atoms with Crippen LogP contribution in [0, 0.1) is 0 Å². The van der Waals surface area contributed by atoms with Crippen molar-refractivity contribution in [1.82, 2.24) is 18.7 Å². The lowest BCUT2D eigenvalue weighted by atomic mass is 10.1. The molecule has 8 nitrogen and oxygen atoms in total. The number of ketones is 1. The highest BCUT2D eigenvalue weighted by Gasteiger charge is 2.19. The number of imidazole rings is 1. The Morgan fingerprint density at radius 2 is 1.90 bits per heavy atom. The molecular formula is C21H26N4O4. The summed E-state index contributed by atoms with van der Waals surface area (Å²) in [5.74, 6) is 0.650. The molecule has 0 saturated carbocycles. The largest absolute Gasteiger partial charge is 0.381 e. The summed E-state index contributed by atoms with van der Waals surface area (Å²) in [4.78, 5) is 41.5. The molecule has 0 aliphatic heterocycles. The van der Waals surface area contributed by atoms with Gasteiger partial charge in [0.15, 0.2) is 16.9 Å². The third-order valence-corrected chi connectivity index (χ3v) is 4.92. The van der Waals surface area contributed by atoms with Crippen molar-refractivity contribution in [1.29, 1.82) is 0 Å². The van der Waals surface area contributed by atoms with E-state index in [4.69, 9.17) is 4.74 Å². The minimum absolute atomic E-state index is 0.0196. The van der Waals surface area contributed by atoms with E-state index in [1.807, 2.05) is 29.7 Å². The lowest BCUT2D eigenvalue weighted by Gasteiger charge is -2.11. The Balaban J connectivity index is 2.14. The van der Waals surface area contributed by atoms with Gasteiger partial charge in [0.1, 0.15) is 5.82 Å². The summed E-state index contributed by atoms with van der Waals surface area (Å²) in [6.07, 6.45) is 1.43. The summed E-state index contributed by atoms with van der Waals surface area (Å²) in [6, 6.07) is 7.31. The van der Waals surface area contributed by atoms with E-state index < -0.39 is 5.69 Å². The summed E-state index contributed by atoms with van der Waals surface area (Å²) in [7, 11) is 3.07. The van der Waals surface area contributed by atoms with Gasteiger partial charge in [-0.05, 0) is 25.0 Å². The van der Waals surface area contributed by atoms with Gasteiger partial charge in [-0.3, -0.25) is 18.7 Å². The molecule has 0 aliphatic rings. The van der Waals surface area contributed by atoms with Crippen LogP contribution in [0.1, 0.15) is 42.0 Å². The molecule has 154 valence electrons. The molecule has 0 spiro atoms. The number of hydrogen-bond acceptors (Lipinski definition) is 5. The average molecular weight is 398 g/mol. The highest BCUT2D eigenvalue weighted by molar-refractivity contribution is 5.94. The average Bonchev–Trinajstić information content (AvgIpc) is 3.06. The molecule has 0 amide bonds. The predicted molar refractivity (Wildman–Crippen MR) is 111 cm³/mol. The van der Waals surface area contributed by atoms with Gasteiger partial charge in [-0.2, -0.15) is 0 Å². The third kappa shape index (κ3) is 4.07.